The van der Waals surface area contributed by atoms with Gasteiger partial charge in [0.15, 0.2) is 28.6 Å². The van der Waals surface area contributed by atoms with E-state index in [9.17, 15) is 0 Å². The zero-order valence-corrected chi connectivity index (χ0v) is 35.6. The number of oxazole rings is 2. The summed E-state index contributed by atoms with van der Waals surface area (Å²) in [7, 11) is 0. The predicted molar refractivity (Wildman–Crippen MR) is 269 cm³/mol. The van der Waals surface area contributed by atoms with Gasteiger partial charge in [-0.1, -0.05) is 115 Å². The molecule has 0 aliphatic carbocycles. The highest BCUT2D eigenvalue weighted by molar-refractivity contribution is 6.09. The molecular weight excluding hydrogens is 825 g/mol. The normalized spacial score (nSPS) is 11.9. The molecule has 8 heteroatoms. The molecule has 10 aromatic carbocycles. The molecule has 14 rings (SSSR count). The molecule has 8 nitrogen and oxygen atoms in total. The van der Waals surface area contributed by atoms with E-state index in [1.807, 2.05) is 48.5 Å². The van der Waals surface area contributed by atoms with E-state index in [-0.39, 0.29) is 0 Å². The van der Waals surface area contributed by atoms with Crippen LogP contribution in [0.5, 0.6) is 0 Å². The molecular formula is C59H34N6O2. The van der Waals surface area contributed by atoms with Crippen molar-refractivity contribution < 1.29 is 8.83 Å². The number of nitrogens with zero attached hydrogens (tertiary/aromatic N) is 6. The second-order valence-electron chi connectivity index (χ2n) is 16.9. The third-order valence-electron chi connectivity index (χ3n) is 12.8. The van der Waals surface area contributed by atoms with E-state index in [4.69, 9.17) is 33.8 Å². The van der Waals surface area contributed by atoms with Gasteiger partial charge >= 0.3 is 0 Å². The molecule has 14 aromatic rings. The molecule has 0 aliphatic rings. The SMILES string of the molecule is c1ccc2oc(-c3ccc4cc(-c5nc(-c6ccc7cc(-c8nc9ccccc9o8)ccc7c6)nc(-c6ccc7ccc(-n8c9ccccc9c9ccccc98)cc7c6)n5)ccc4c3)nc2c1. The van der Waals surface area contributed by atoms with Gasteiger partial charge in [0.1, 0.15) is 11.0 Å². The average Bonchev–Trinajstić information content (AvgIpc) is 4.12. The van der Waals surface area contributed by atoms with Crippen LogP contribution < -0.4 is 0 Å². The molecule has 312 valence electrons. The van der Waals surface area contributed by atoms with Gasteiger partial charge in [0, 0.05) is 44.3 Å². The number of benzene rings is 10. The Balaban J connectivity index is 0.890. The van der Waals surface area contributed by atoms with Crippen LogP contribution in [0, 0.1) is 0 Å². The van der Waals surface area contributed by atoms with Gasteiger partial charge in [0.25, 0.3) is 0 Å². The van der Waals surface area contributed by atoms with Gasteiger partial charge in [0.05, 0.1) is 11.0 Å². The average molecular weight is 859 g/mol. The molecule has 0 aliphatic heterocycles. The lowest BCUT2D eigenvalue weighted by atomic mass is 10.0. The fourth-order valence-corrected chi connectivity index (χ4v) is 9.50. The van der Waals surface area contributed by atoms with Gasteiger partial charge < -0.3 is 13.4 Å². The summed E-state index contributed by atoms with van der Waals surface area (Å²) in [4.78, 5) is 25.1. The van der Waals surface area contributed by atoms with Crippen molar-refractivity contribution in [3.63, 3.8) is 0 Å². The Kier molecular flexibility index (Phi) is 8.11. The highest BCUT2D eigenvalue weighted by Crippen LogP contribution is 2.36. The Hall–Kier alpha value is -9.27. The quantitative estimate of drug-likeness (QED) is 0.164. The molecule has 67 heavy (non-hydrogen) atoms. The van der Waals surface area contributed by atoms with Crippen molar-refractivity contribution in [1.29, 1.82) is 0 Å². The third-order valence-corrected chi connectivity index (χ3v) is 12.8. The Bertz CT molecular complexity index is 4020. The molecule has 0 spiro atoms. The molecule has 4 heterocycles. The van der Waals surface area contributed by atoms with Gasteiger partial charge in [-0.2, -0.15) is 0 Å². The second kappa shape index (κ2) is 14.6. The maximum atomic E-state index is 6.11. The Morgan fingerprint density at radius 3 is 1.18 bits per heavy atom. The monoisotopic (exact) mass is 858 g/mol. The van der Waals surface area contributed by atoms with Crippen molar-refractivity contribution in [1.82, 2.24) is 29.5 Å². The summed E-state index contributed by atoms with van der Waals surface area (Å²) in [5.74, 6) is 2.93. The minimum atomic E-state index is 0.579. The van der Waals surface area contributed by atoms with E-state index in [1.165, 1.54) is 21.8 Å². The van der Waals surface area contributed by atoms with Gasteiger partial charge in [-0.05, 0) is 123 Å². The van der Waals surface area contributed by atoms with Crippen LogP contribution in [-0.2, 0) is 0 Å². The first-order valence-electron chi connectivity index (χ1n) is 22.2. The number of rotatable bonds is 6. The van der Waals surface area contributed by atoms with Crippen molar-refractivity contribution in [2.24, 2.45) is 0 Å². The van der Waals surface area contributed by atoms with Crippen molar-refractivity contribution in [3.8, 4) is 62.8 Å². The summed E-state index contributed by atoms with van der Waals surface area (Å²) < 4.78 is 14.6. The fraction of sp³-hybridized carbons (Fsp3) is 0. The van der Waals surface area contributed by atoms with E-state index < -0.39 is 0 Å². The Morgan fingerprint density at radius 1 is 0.299 bits per heavy atom. The van der Waals surface area contributed by atoms with Crippen molar-refractivity contribution in [2.75, 3.05) is 0 Å². The molecule has 0 N–H and O–H groups in total. The van der Waals surface area contributed by atoms with Crippen LogP contribution in [-0.4, -0.2) is 29.5 Å². The van der Waals surface area contributed by atoms with E-state index in [1.54, 1.807) is 0 Å². The summed E-state index contributed by atoms with van der Waals surface area (Å²) in [6.07, 6.45) is 0. The molecule has 0 amide bonds. The number of hydrogen-bond donors (Lipinski definition) is 0. The van der Waals surface area contributed by atoms with E-state index in [0.717, 1.165) is 88.0 Å². The van der Waals surface area contributed by atoms with Crippen LogP contribution >= 0.6 is 0 Å². The standard InChI is InChI=1S/C59H34N6O2/c1-5-13-51-47(9-1)48-10-2-6-14-52(48)65(51)46-28-27-35-17-22-42(33-45(35)34-46)57-63-55(40-23-18-38-31-43(25-20-36(38)29-40)58-60-49-11-3-7-15-53(49)66-58)62-56(64-57)41-24-19-39-32-44(26-21-37(39)30-41)59-61-50-12-4-8-16-54(50)67-59/h1-34H. The molecule has 0 radical (unpaired) electrons. The largest absolute Gasteiger partial charge is 0.436 e. The minimum absolute atomic E-state index is 0.579. The highest BCUT2D eigenvalue weighted by Gasteiger charge is 2.17. The summed E-state index contributed by atoms with van der Waals surface area (Å²) in [6, 6.07) is 71.1. The van der Waals surface area contributed by atoms with E-state index in [2.05, 4.69) is 162 Å². The molecule has 0 bridgehead atoms. The van der Waals surface area contributed by atoms with E-state index in [0.29, 0.717) is 29.3 Å². The van der Waals surface area contributed by atoms with E-state index >= 15 is 0 Å². The summed E-state index contributed by atoms with van der Waals surface area (Å²) in [5.41, 5.74) is 11.1. The number of para-hydroxylation sites is 6. The van der Waals surface area contributed by atoms with Gasteiger partial charge in [-0.25, -0.2) is 24.9 Å². The predicted octanol–water partition coefficient (Wildman–Crippen LogP) is 15.0. The molecule has 0 unspecified atom stereocenters. The lowest BCUT2D eigenvalue weighted by Crippen LogP contribution is -2.00. The van der Waals surface area contributed by atoms with Crippen LogP contribution in [0.25, 0.3) is 139 Å². The van der Waals surface area contributed by atoms with Crippen molar-refractivity contribution in [2.45, 2.75) is 0 Å². The van der Waals surface area contributed by atoms with Crippen LogP contribution in [0.2, 0.25) is 0 Å². The first kappa shape index (κ1) is 37.1. The smallest absolute Gasteiger partial charge is 0.227 e. The van der Waals surface area contributed by atoms with Crippen molar-refractivity contribution >= 4 is 76.3 Å². The Morgan fingerprint density at radius 2 is 0.687 bits per heavy atom. The topological polar surface area (TPSA) is 95.7 Å². The zero-order chi connectivity index (χ0) is 44.0. The first-order valence-corrected chi connectivity index (χ1v) is 22.2. The zero-order valence-electron chi connectivity index (χ0n) is 35.6. The summed E-state index contributed by atoms with van der Waals surface area (Å²) >= 11 is 0. The number of hydrogen-bond acceptors (Lipinski definition) is 7. The van der Waals surface area contributed by atoms with Gasteiger partial charge in [-0.3, -0.25) is 0 Å². The number of aromatic nitrogens is 6. The lowest BCUT2D eigenvalue weighted by molar-refractivity contribution is 0.619. The molecule has 0 fully saturated rings. The molecule has 4 aromatic heterocycles. The molecule has 0 atom stereocenters. The van der Waals surface area contributed by atoms with Crippen molar-refractivity contribution in [3.05, 3.63) is 206 Å². The van der Waals surface area contributed by atoms with Crippen LogP contribution in [0.15, 0.2) is 215 Å². The third kappa shape index (κ3) is 6.26. The summed E-state index contributed by atoms with van der Waals surface area (Å²) in [6.45, 7) is 0. The Labute approximate surface area is 382 Å². The maximum Gasteiger partial charge on any atom is 0.227 e. The van der Waals surface area contributed by atoms with Crippen LogP contribution in [0.4, 0.5) is 0 Å². The fourth-order valence-electron chi connectivity index (χ4n) is 9.50. The summed E-state index contributed by atoms with van der Waals surface area (Å²) in [5, 5.41) is 8.87. The second-order valence-corrected chi connectivity index (χ2v) is 16.9. The lowest BCUT2D eigenvalue weighted by Gasteiger charge is -2.12. The highest BCUT2D eigenvalue weighted by atomic mass is 16.4. The van der Waals surface area contributed by atoms with Gasteiger partial charge in [-0.15, -0.1) is 0 Å². The number of fused-ring (bicyclic) bond motifs is 8. The molecule has 0 saturated heterocycles. The van der Waals surface area contributed by atoms with Crippen LogP contribution in [0.1, 0.15) is 0 Å². The van der Waals surface area contributed by atoms with Gasteiger partial charge in [0.2, 0.25) is 11.8 Å². The molecule has 0 saturated carbocycles. The minimum Gasteiger partial charge on any atom is -0.436 e. The van der Waals surface area contributed by atoms with Crippen LogP contribution in [0.3, 0.4) is 0 Å². The maximum absolute atomic E-state index is 6.11. The first-order chi connectivity index (χ1) is 33.1.